The van der Waals surface area contributed by atoms with Crippen molar-refractivity contribution in [3.8, 4) is 11.5 Å². The van der Waals surface area contributed by atoms with E-state index < -0.39 is 0 Å². The zero-order chi connectivity index (χ0) is 16.7. The number of benzene rings is 2. The van der Waals surface area contributed by atoms with Crippen LogP contribution in [0.1, 0.15) is 5.56 Å². The van der Waals surface area contributed by atoms with Crippen molar-refractivity contribution in [2.45, 2.75) is 6.54 Å². The lowest BCUT2D eigenvalue weighted by Gasteiger charge is -2.18. The summed E-state index contributed by atoms with van der Waals surface area (Å²) in [6.07, 6.45) is 0. The number of nitrogens with one attached hydrogen (secondary N) is 1. The van der Waals surface area contributed by atoms with Gasteiger partial charge in [0.15, 0.2) is 0 Å². The fourth-order valence-electron chi connectivity index (χ4n) is 2.33. The molecule has 0 amide bonds. The molecule has 23 heavy (non-hydrogen) atoms. The zero-order valence-electron chi connectivity index (χ0n) is 13.9. The van der Waals surface area contributed by atoms with Gasteiger partial charge >= 0.3 is 0 Å². The third kappa shape index (κ3) is 4.53. The number of aliphatic hydroxyl groups excluding tert-OH is 1. The third-order valence-electron chi connectivity index (χ3n) is 3.71. The second kappa shape index (κ2) is 8.29. The molecule has 2 rings (SSSR count). The lowest BCUT2D eigenvalue weighted by Crippen LogP contribution is -2.20. The first-order chi connectivity index (χ1) is 11.2. The highest BCUT2D eigenvalue weighted by Gasteiger charge is 2.05. The molecule has 0 radical (unpaired) electrons. The van der Waals surface area contributed by atoms with Gasteiger partial charge in [0.1, 0.15) is 11.5 Å². The Balaban J connectivity index is 2.03. The normalized spacial score (nSPS) is 10.3. The molecule has 2 N–H and O–H groups in total. The molecule has 5 nitrogen and oxygen atoms in total. The Hall–Kier alpha value is -2.40. The van der Waals surface area contributed by atoms with E-state index in [9.17, 15) is 0 Å². The number of aliphatic hydroxyl groups is 1. The first-order valence-electron chi connectivity index (χ1n) is 7.54. The molecule has 0 aliphatic carbocycles. The van der Waals surface area contributed by atoms with Gasteiger partial charge in [-0.1, -0.05) is 0 Å². The maximum atomic E-state index is 8.98. The second-order valence-corrected chi connectivity index (χ2v) is 5.22. The van der Waals surface area contributed by atoms with Gasteiger partial charge in [-0.2, -0.15) is 0 Å². The van der Waals surface area contributed by atoms with Gasteiger partial charge in [-0.15, -0.1) is 0 Å². The van der Waals surface area contributed by atoms with E-state index in [-0.39, 0.29) is 6.61 Å². The van der Waals surface area contributed by atoms with Crippen LogP contribution in [0.2, 0.25) is 0 Å². The fraction of sp³-hybridized carbons (Fsp3) is 0.333. The summed E-state index contributed by atoms with van der Waals surface area (Å²) < 4.78 is 10.6. The standard InChI is InChI=1S/C18H24N2O3/c1-20(10-11-21)16-6-4-15(5-7-16)19-13-14-12-17(22-2)8-9-18(14)23-3/h4-9,12,19,21H,10-11,13H2,1-3H3. The Morgan fingerprint density at radius 3 is 2.39 bits per heavy atom. The zero-order valence-corrected chi connectivity index (χ0v) is 13.9. The summed E-state index contributed by atoms with van der Waals surface area (Å²) in [6.45, 7) is 1.41. The lowest BCUT2D eigenvalue weighted by molar-refractivity contribution is 0.304. The van der Waals surface area contributed by atoms with Gasteiger partial charge in [-0.3, -0.25) is 0 Å². The summed E-state index contributed by atoms with van der Waals surface area (Å²) in [5.74, 6) is 1.64. The molecule has 124 valence electrons. The molecule has 0 aliphatic rings. The summed E-state index contributed by atoms with van der Waals surface area (Å²) in [6, 6.07) is 13.9. The molecule has 0 aliphatic heterocycles. The van der Waals surface area contributed by atoms with E-state index in [1.165, 1.54) is 0 Å². The van der Waals surface area contributed by atoms with Crippen LogP contribution in [-0.2, 0) is 6.54 Å². The van der Waals surface area contributed by atoms with Crippen LogP contribution in [0.15, 0.2) is 42.5 Å². The van der Waals surface area contributed by atoms with Gasteiger partial charge in [-0.05, 0) is 42.5 Å². The number of ether oxygens (including phenoxy) is 2. The highest BCUT2D eigenvalue weighted by molar-refractivity contribution is 5.55. The Morgan fingerprint density at radius 2 is 1.78 bits per heavy atom. The topological polar surface area (TPSA) is 54.0 Å². The summed E-state index contributed by atoms with van der Waals surface area (Å²) in [5.41, 5.74) is 3.13. The van der Waals surface area contributed by atoms with Gasteiger partial charge in [0.05, 0.1) is 20.8 Å². The van der Waals surface area contributed by atoms with Crippen molar-refractivity contribution < 1.29 is 14.6 Å². The minimum atomic E-state index is 0.145. The summed E-state index contributed by atoms with van der Waals surface area (Å²) in [7, 11) is 5.28. The molecule has 0 saturated heterocycles. The predicted molar refractivity (Wildman–Crippen MR) is 93.7 cm³/mol. The number of nitrogens with zero attached hydrogens (tertiary/aromatic N) is 1. The maximum absolute atomic E-state index is 8.98. The van der Waals surface area contributed by atoms with E-state index in [0.29, 0.717) is 13.1 Å². The average molecular weight is 316 g/mol. The molecule has 0 heterocycles. The Kier molecular flexibility index (Phi) is 6.11. The molecule has 0 aromatic heterocycles. The number of anilines is 2. The van der Waals surface area contributed by atoms with Crippen LogP contribution in [0.25, 0.3) is 0 Å². The first-order valence-corrected chi connectivity index (χ1v) is 7.54. The van der Waals surface area contributed by atoms with Crippen LogP contribution in [0, 0.1) is 0 Å². The highest BCUT2D eigenvalue weighted by Crippen LogP contribution is 2.25. The molecule has 0 bridgehead atoms. The van der Waals surface area contributed by atoms with E-state index in [1.54, 1.807) is 14.2 Å². The molecule has 0 unspecified atom stereocenters. The predicted octanol–water partition coefficient (Wildman–Crippen LogP) is 2.74. The molecule has 2 aromatic carbocycles. The number of likely N-dealkylation sites (N-methyl/N-ethyl adjacent to an activating group) is 1. The quantitative estimate of drug-likeness (QED) is 0.784. The highest BCUT2D eigenvalue weighted by atomic mass is 16.5. The molecule has 0 spiro atoms. The van der Waals surface area contributed by atoms with Gasteiger partial charge in [0.2, 0.25) is 0 Å². The van der Waals surface area contributed by atoms with Crippen molar-refractivity contribution in [2.24, 2.45) is 0 Å². The van der Waals surface area contributed by atoms with Gasteiger partial charge < -0.3 is 24.8 Å². The van der Waals surface area contributed by atoms with E-state index in [0.717, 1.165) is 28.4 Å². The smallest absolute Gasteiger partial charge is 0.124 e. The van der Waals surface area contributed by atoms with Crippen LogP contribution < -0.4 is 19.7 Å². The van der Waals surface area contributed by atoms with Crippen molar-refractivity contribution in [2.75, 3.05) is 44.6 Å². The molecule has 0 atom stereocenters. The van der Waals surface area contributed by atoms with Crippen LogP contribution in [0.3, 0.4) is 0 Å². The summed E-state index contributed by atoms with van der Waals surface area (Å²) in [5, 5.41) is 12.4. The lowest BCUT2D eigenvalue weighted by atomic mass is 10.1. The Labute approximate surface area is 137 Å². The molecular weight excluding hydrogens is 292 g/mol. The number of rotatable bonds is 8. The largest absolute Gasteiger partial charge is 0.497 e. The van der Waals surface area contributed by atoms with E-state index >= 15 is 0 Å². The molecule has 0 fully saturated rings. The van der Waals surface area contributed by atoms with Gasteiger partial charge in [-0.25, -0.2) is 0 Å². The average Bonchev–Trinajstić information content (AvgIpc) is 2.60. The van der Waals surface area contributed by atoms with Crippen molar-refractivity contribution in [3.05, 3.63) is 48.0 Å². The fourth-order valence-corrected chi connectivity index (χ4v) is 2.33. The monoisotopic (exact) mass is 316 g/mol. The van der Waals surface area contributed by atoms with Crippen molar-refractivity contribution >= 4 is 11.4 Å². The van der Waals surface area contributed by atoms with Crippen LogP contribution >= 0.6 is 0 Å². The van der Waals surface area contributed by atoms with Crippen molar-refractivity contribution in [1.29, 1.82) is 0 Å². The van der Waals surface area contributed by atoms with Crippen molar-refractivity contribution in [1.82, 2.24) is 0 Å². The van der Waals surface area contributed by atoms with Gasteiger partial charge in [0.25, 0.3) is 0 Å². The number of hydrogen-bond donors (Lipinski definition) is 2. The number of methoxy groups -OCH3 is 2. The number of hydrogen-bond acceptors (Lipinski definition) is 5. The summed E-state index contributed by atoms with van der Waals surface area (Å²) in [4.78, 5) is 2.01. The SMILES string of the molecule is COc1ccc(OC)c(CNc2ccc(N(C)CCO)cc2)c1. The molecular formula is C18H24N2O3. The second-order valence-electron chi connectivity index (χ2n) is 5.22. The van der Waals surface area contributed by atoms with Gasteiger partial charge in [0, 0.05) is 37.1 Å². The Bertz CT molecular complexity index is 614. The van der Waals surface area contributed by atoms with E-state index in [4.69, 9.17) is 14.6 Å². The van der Waals surface area contributed by atoms with E-state index in [2.05, 4.69) is 5.32 Å². The molecule has 5 heteroatoms. The first kappa shape index (κ1) is 17.0. The minimum absolute atomic E-state index is 0.145. The Morgan fingerprint density at radius 1 is 1.04 bits per heavy atom. The van der Waals surface area contributed by atoms with E-state index in [1.807, 2.05) is 54.4 Å². The molecule has 0 saturated carbocycles. The molecule has 2 aromatic rings. The summed E-state index contributed by atoms with van der Waals surface area (Å²) >= 11 is 0. The third-order valence-corrected chi connectivity index (χ3v) is 3.71. The minimum Gasteiger partial charge on any atom is -0.497 e. The van der Waals surface area contributed by atoms with Crippen LogP contribution in [-0.4, -0.2) is 39.5 Å². The maximum Gasteiger partial charge on any atom is 0.124 e. The van der Waals surface area contributed by atoms with Crippen LogP contribution in [0.5, 0.6) is 11.5 Å². The van der Waals surface area contributed by atoms with Crippen LogP contribution in [0.4, 0.5) is 11.4 Å². The van der Waals surface area contributed by atoms with Crippen molar-refractivity contribution in [3.63, 3.8) is 0 Å².